The van der Waals surface area contributed by atoms with Gasteiger partial charge < -0.3 is 9.84 Å². The monoisotopic (exact) mass is 276 g/mol. The van der Waals surface area contributed by atoms with E-state index in [1.165, 1.54) is 37.8 Å². The van der Waals surface area contributed by atoms with Crippen molar-refractivity contribution in [3.63, 3.8) is 0 Å². The summed E-state index contributed by atoms with van der Waals surface area (Å²) in [5.74, 6) is 6.05. The van der Waals surface area contributed by atoms with Crippen LogP contribution < -0.4 is 4.74 Å². The highest BCUT2D eigenvalue weighted by Crippen LogP contribution is 2.25. The van der Waals surface area contributed by atoms with E-state index in [0.29, 0.717) is 17.7 Å². The molecule has 1 aliphatic carbocycles. The molecule has 0 saturated heterocycles. The van der Waals surface area contributed by atoms with Gasteiger partial charge in [0.15, 0.2) is 0 Å². The Bertz CT molecular complexity index is 479. The van der Waals surface area contributed by atoms with Gasteiger partial charge in [-0.25, -0.2) is 4.39 Å². The van der Waals surface area contributed by atoms with Crippen molar-refractivity contribution in [3.8, 4) is 17.6 Å². The molecule has 1 aromatic carbocycles. The van der Waals surface area contributed by atoms with Crippen LogP contribution in [0.1, 0.15) is 50.5 Å². The van der Waals surface area contributed by atoms with Crippen LogP contribution in [0.3, 0.4) is 0 Å². The molecule has 1 saturated carbocycles. The first-order valence-electron chi connectivity index (χ1n) is 7.35. The fourth-order valence-corrected chi connectivity index (χ4v) is 2.46. The Kier molecular flexibility index (Phi) is 5.88. The molecule has 0 radical (unpaired) electrons. The van der Waals surface area contributed by atoms with Crippen molar-refractivity contribution in [2.24, 2.45) is 0 Å². The van der Waals surface area contributed by atoms with E-state index < -0.39 is 0 Å². The Hall–Kier alpha value is -1.53. The van der Waals surface area contributed by atoms with Crippen molar-refractivity contribution in [1.82, 2.24) is 0 Å². The van der Waals surface area contributed by atoms with E-state index in [1.807, 2.05) is 0 Å². The predicted molar refractivity (Wildman–Crippen MR) is 77.1 cm³/mol. The van der Waals surface area contributed by atoms with Crippen LogP contribution in [0, 0.1) is 17.7 Å². The van der Waals surface area contributed by atoms with E-state index in [-0.39, 0.29) is 18.5 Å². The maximum absolute atomic E-state index is 13.3. The van der Waals surface area contributed by atoms with Crippen LogP contribution in [-0.4, -0.2) is 17.8 Å². The molecule has 0 heterocycles. The number of rotatable bonds is 3. The minimum absolute atomic E-state index is 0.0150. The number of ether oxygens (including phenoxy) is 1. The number of halogens is 1. The van der Waals surface area contributed by atoms with Crippen molar-refractivity contribution in [2.45, 2.75) is 51.0 Å². The minimum Gasteiger partial charge on any atom is -0.489 e. The third-order valence-corrected chi connectivity index (χ3v) is 3.50. The largest absolute Gasteiger partial charge is 0.489 e. The van der Waals surface area contributed by atoms with Crippen LogP contribution in [-0.2, 0) is 0 Å². The Morgan fingerprint density at radius 1 is 1.20 bits per heavy atom. The molecule has 20 heavy (non-hydrogen) atoms. The summed E-state index contributed by atoms with van der Waals surface area (Å²) >= 11 is 0. The van der Waals surface area contributed by atoms with E-state index in [2.05, 4.69) is 11.8 Å². The molecule has 1 aliphatic rings. The molecule has 1 fully saturated rings. The second kappa shape index (κ2) is 7.91. The molecule has 2 nitrogen and oxygen atoms in total. The summed E-state index contributed by atoms with van der Waals surface area (Å²) < 4.78 is 19.3. The zero-order chi connectivity index (χ0) is 14.2. The smallest absolute Gasteiger partial charge is 0.135 e. The Morgan fingerprint density at radius 2 is 1.95 bits per heavy atom. The number of aliphatic hydroxyl groups excluding tert-OH is 1. The molecule has 0 amide bonds. The zero-order valence-electron chi connectivity index (χ0n) is 11.7. The molecule has 0 unspecified atom stereocenters. The SMILES string of the molecule is OCCC#Cc1cc(F)ccc1OC1CCCCCC1. The van der Waals surface area contributed by atoms with E-state index in [4.69, 9.17) is 9.84 Å². The molecule has 108 valence electrons. The lowest BCUT2D eigenvalue weighted by atomic mass is 10.1. The fraction of sp³-hybridized carbons (Fsp3) is 0.529. The van der Waals surface area contributed by atoms with Crippen LogP contribution in [0.4, 0.5) is 4.39 Å². The quantitative estimate of drug-likeness (QED) is 0.674. The lowest BCUT2D eigenvalue weighted by Crippen LogP contribution is -2.15. The van der Waals surface area contributed by atoms with Crippen molar-refractivity contribution in [3.05, 3.63) is 29.6 Å². The van der Waals surface area contributed by atoms with Gasteiger partial charge in [0, 0.05) is 6.42 Å². The third-order valence-electron chi connectivity index (χ3n) is 3.50. The summed E-state index contributed by atoms with van der Waals surface area (Å²) in [6, 6.07) is 4.46. The molecule has 3 heteroatoms. The predicted octanol–water partition coefficient (Wildman–Crippen LogP) is 3.66. The molecular formula is C17H21FO2. The summed E-state index contributed by atoms with van der Waals surface area (Å²) in [7, 11) is 0. The second-order valence-electron chi connectivity index (χ2n) is 5.15. The lowest BCUT2D eigenvalue weighted by molar-refractivity contribution is 0.183. The Morgan fingerprint density at radius 3 is 2.65 bits per heavy atom. The van der Waals surface area contributed by atoms with E-state index in [0.717, 1.165) is 12.8 Å². The van der Waals surface area contributed by atoms with Crippen LogP contribution in [0.2, 0.25) is 0 Å². The maximum Gasteiger partial charge on any atom is 0.135 e. The van der Waals surface area contributed by atoms with Crippen molar-refractivity contribution < 1.29 is 14.2 Å². The van der Waals surface area contributed by atoms with Gasteiger partial charge in [0.25, 0.3) is 0 Å². The summed E-state index contributed by atoms with van der Waals surface area (Å²) in [5, 5.41) is 8.75. The van der Waals surface area contributed by atoms with Crippen molar-refractivity contribution in [2.75, 3.05) is 6.61 Å². The average Bonchev–Trinajstić information content (AvgIpc) is 2.70. The van der Waals surface area contributed by atoms with Crippen LogP contribution in [0.25, 0.3) is 0 Å². The van der Waals surface area contributed by atoms with Gasteiger partial charge >= 0.3 is 0 Å². The fourth-order valence-electron chi connectivity index (χ4n) is 2.46. The van der Waals surface area contributed by atoms with Gasteiger partial charge in [-0.3, -0.25) is 0 Å². The van der Waals surface area contributed by atoms with Gasteiger partial charge in [-0.2, -0.15) is 0 Å². The Balaban J connectivity index is 2.11. The van der Waals surface area contributed by atoms with Crippen LogP contribution in [0.15, 0.2) is 18.2 Å². The molecule has 1 N–H and O–H groups in total. The highest BCUT2D eigenvalue weighted by Gasteiger charge is 2.15. The molecule has 0 spiro atoms. The van der Waals surface area contributed by atoms with Crippen molar-refractivity contribution in [1.29, 1.82) is 0 Å². The number of aliphatic hydroxyl groups is 1. The summed E-state index contributed by atoms with van der Waals surface area (Å²) in [5.41, 5.74) is 0.572. The topological polar surface area (TPSA) is 29.5 Å². The normalized spacial score (nSPS) is 16.1. The first-order chi connectivity index (χ1) is 9.79. The zero-order valence-corrected chi connectivity index (χ0v) is 11.7. The molecule has 0 aliphatic heterocycles. The number of hydrogen-bond donors (Lipinski definition) is 1. The van der Waals surface area contributed by atoms with Gasteiger partial charge in [0.05, 0.1) is 18.3 Å². The minimum atomic E-state index is -0.313. The van der Waals surface area contributed by atoms with Gasteiger partial charge in [0.1, 0.15) is 11.6 Å². The number of hydrogen-bond acceptors (Lipinski definition) is 2. The molecule has 0 bridgehead atoms. The lowest BCUT2D eigenvalue weighted by Gasteiger charge is -2.18. The average molecular weight is 276 g/mol. The van der Waals surface area contributed by atoms with Gasteiger partial charge in [-0.1, -0.05) is 24.7 Å². The molecule has 0 atom stereocenters. The molecule has 2 rings (SSSR count). The summed E-state index contributed by atoms with van der Waals surface area (Å²) in [6.45, 7) is 0.0150. The van der Waals surface area contributed by atoms with E-state index in [9.17, 15) is 4.39 Å². The highest BCUT2D eigenvalue weighted by molar-refractivity contribution is 5.46. The number of benzene rings is 1. The van der Waals surface area contributed by atoms with Crippen LogP contribution >= 0.6 is 0 Å². The third kappa shape index (κ3) is 4.54. The van der Waals surface area contributed by atoms with Crippen molar-refractivity contribution >= 4 is 0 Å². The highest BCUT2D eigenvalue weighted by atomic mass is 19.1. The first kappa shape index (κ1) is 14.9. The molecule has 0 aromatic heterocycles. The van der Waals surface area contributed by atoms with E-state index in [1.54, 1.807) is 6.07 Å². The van der Waals surface area contributed by atoms with Crippen LogP contribution in [0.5, 0.6) is 5.75 Å². The summed E-state index contributed by atoms with van der Waals surface area (Å²) in [6.07, 6.45) is 7.63. The first-order valence-corrected chi connectivity index (χ1v) is 7.35. The summed E-state index contributed by atoms with van der Waals surface area (Å²) in [4.78, 5) is 0. The maximum atomic E-state index is 13.3. The standard InChI is InChI=1S/C17H21FO2/c18-15-10-11-17(14(13-15)7-5-6-12-19)20-16-8-3-1-2-4-9-16/h10-11,13,16,19H,1-4,6,8-9,12H2. The second-order valence-corrected chi connectivity index (χ2v) is 5.15. The van der Waals surface area contributed by atoms with Gasteiger partial charge in [0.2, 0.25) is 0 Å². The van der Waals surface area contributed by atoms with Gasteiger partial charge in [-0.05, 0) is 43.9 Å². The Labute approximate surface area is 120 Å². The van der Waals surface area contributed by atoms with Gasteiger partial charge in [-0.15, -0.1) is 0 Å². The molecular weight excluding hydrogens is 255 g/mol. The van der Waals surface area contributed by atoms with E-state index >= 15 is 0 Å². The molecule has 1 aromatic rings.